The van der Waals surface area contributed by atoms with Crippen molar-refractivity contribution >= 4 is 5.91 Å². The third kappa shape index (κ3) is 3.21. The Kier molecular flexibility index (Phi) is 4.27. The minimum atomic E-state index is -0.0426. The fourth-order valence-electron chi connectivity index (χ4n) is 2.21. The lowest BCUT2D eigenvalue weighted by atomic mass is 10.1. The zero-order chi connectivity index (χ0) is 15.4. The number of carbonyl (C=O) groups is 1. The lowest BCUT2D eigenvalue weighted by molar-refractivity contribution is -0.120. The highest BCUT2D eigenvalue weighted by Crippen LogP contribution is 2.35. The summed E-state index contributed by atoms with van der Waals surface area (Å²) >= 11 is 0. The fourth-order valence-corrected chi connectivity index (χ4v) is 2.21. The van der Waals surface area contributed by atoms with E-state index < -0.39 is 0 Å². The van der Waals surface area contributed by atoms with Crippen LogP contribution < -0.4 is 14.8 Å². The molecule has 1 aromatic carbocycles. The van der Waals surface area contributed by atoms with Gasteiger partial charge in [0.05, 0.1) is 12.1 Å². The highest BCUT2D eigenvalue weighted by molar-refractivity contribution is 5.78. The second-order valence-electron chi connectivity index (χ2n) is 5.13. The molecule has 0 atom stereocenters. The summed E-state index contributed by atoms with van der Waals surface area (Å²) in [4.78, 5) is 11.8. The number of nitrogens with one attached hydrogen (secondary N) is 1. The summed E-state index contributed by atoms with van der Waals surface area (Å²) in [7, 11) is 0. The molecule has 6 heteroatoms. The minimum Gasteiger partial charge on any atom is -0.454 e. The number of unbranched alkanes of at least 4 members (excludes halogenated alkanes) is 1. The van der Waals surface area contributed by atoms with Crippen molar-refractivity contribution in [1.82, 2.24) is 10.5 Å². The van der Waals surface area contributed by atoms with E-state index in [1.54, 1.807) is 6.07 Å². The van der Waals surface area contributed by atoms with Crippen LogP contribution in [0.5, 0.6) is 11.5 Å². The van der Waals surface area contributed by atoms with E-state index in [4.69, 9.17) is 14.0 Å². The van der Waals surface area contributed by atoms with Crippen LogP contribution in [-0.2, 0) is 11.2 Å². The molecule has 0 unspecified atom stereocenters. The maximum absolute atomic E-state index is 11.8. The summed E-state index contributed by atoms with van der Waals surface area (Å²) in [6, 6.07) is 7.32. The van der Waals surface area contributed by atoms with Gasteiger partial charge in [0.25, 0.3) is 0 Å². The van der Waals surface area contributed by atoms with Crippen molar-refractivity contribution in [2.24, 2.45) is 0 Å². The minimum absolute atomic E-state index is 0.0426. The summed E-state index contributed by atoms with van der Waals surface area (Å²) in [6.45, 7) is 3.02. The van der Waals surface area contributed by atoms with Gasteiger partial charge in [-0.2, -0.15) is 0 Å². The number of nitrogens with zero attached hydrogens (tertiary/aromatic N) is 1. The molecular weight excluding hydrogens is 284 g/mol. The van der Waals surface area contributed by atoms with E-state index in [1.807, 2.05) is 18.2 Å². The van der Waals surface area contributed by atoms with Crippen LogP contribution in [0.2, 0.25) is 0 Å². The second-order valence-corrected chi connectivity index (χ2v) is 5.13. The third-order valence-corrected chi connectivity index (χ3v) is 3.41. The van der Waals surface area contributed by atoms with Gasteiger partial charge in [-0.25, -0.2) is 0 Å². The van der Waals surface area contributed by atoms with Crippen LogP contribution in [0.1, 0.15) is 25.5 Å². The van der Waals surface area contributed by atoms with Gasteiger partial charge in [-0.15, -0.1) is 0 Å². The number of ether oxygens (including phenoxy) is 2. The number of benzene rings is 1. The molecular formula is C16H18N2O4. The third-order valence-electron chi connectivity index (χ3n) is 3.41. The first-order chi connectivity index (χ1) is 10.8. The van der Waals surface area contributed by atoms with Gasteiger partial charge in [-0.05, 0) is 24.6 Å². The molecule has 0 saturated heterocycles. The summed E-state index contributed by atoms with van der Waals surface area (Å²) in [5.41, 5.74) is 1.45. The quantitative estimate of drug-likeness (QED) is 0.830. The Labute approximate surface area is 128 Å². The number of fused-ring (bicyclic) bond motifs is 1. The van der Waals surface area contributed by atoms with Crippen molar-refractivity contribution in [3.8, 4) is 22.8 Å². The molecule has 0 fully saturated rings. The molecule has 1 aliphatic rings. The van der Waals surface area contributed by atoms with Crippen LogP contribution >= 0.6 is 0 Å². The molecule has 3 rings (SSSR count). The molecule has 0 spiro atoms. The highest BCUT2D eigenvalue weighted by Gasteiger charge is 2.16. The van der Waals surface area contributed by atoms with Gasteiger partial charge in [0.15, 0.2) is 17.3 Å². The zero-order valence-corrected chi connectivity index (χ0v) is 12.4. The van der Waals surface area contributed by atoms with Crippen molar-refractivity contribution in [2.45, 2.75) is 26.2 Å². The summed E-state index contributed by atoms with van der Waals surface area (Å²) in [5, 5.41) is 6.80. The predicted octanol–water partition coefficient (Wildman–Crippen LogP) is 2.53. The Morgan fingerprint density at radius 2 is 2.14 bits per heavy atom. The largest absolute Gasteiger partial charge is 0.454 e. The van der Waals surface area contributed by atoms with Crippen molar-refractivity contribution in [2.75, 3.05) is 13.3 Å². The summed E-state index contributed by atoms with van der Waals surface area (Å²) in [6.07, 6.45) is 2.25. The first-order valence-corrected chi connectivity index (χ1v) is 7.38. The number of rotatable bonds is 6. The summed E-state index contributed by atoms with van der Waals surface area (Å²) in [5.74, 6) is 1.97. The maximum atomic E-state index is 11.8. The average Bonchev–Trinajstić information content (AvgIpc) is 3.15. The molecule has 22 heavy (non-hydrogen) atoms. The molecule has 0 saturated carbocycles. The van der Waals surface area contributed by atoms with Crippen molar-refractivity contribution < 1.29 is 18.8 Å². The molecule has 1 aliphatic heterocycles. The van der Waals surface area contributed by atoms with Crippen LogP contribution in [0.15, 0.2) is 28.8 Å². The molecule has 0 bridgehead atoms. The van der Waals surface area contributed by atoms with Crippen molar-refractivity contribution in [1.29, 1.82) is 0 Å². The Morgan fingerprint density at radius 1 is 1.27 bits per heavy atom. The predicted molar refractivity (Wildman–Crippen MR) is 79.7 cm³/mol. The normalized spacial score (nSPS) is 12.4. The lowest BCUT2D eigenvalue weighted by Gasteiger charge is -2.01. The second kappa shape index (κ2) is 6.51. The number of hydrogen-bond acceptors (Lipinski definition) is 5. The molecule has 0 aliphatic carbocycles. The molecule has 1 amide bonds. The van der Waals surface area contributed by atoms with Crippen LogP contribution in [0.3, 0.4) is 0 Å². The van der Waals surface area contributed by atoms with Gasteiger partial charge >= 0.3 is 0 Å². The van der Waals surface area contributed by atoms with Crippen molar-refractivity contribution in [3.05, 3.63) is 30.0 Å². The molecule has 2 aromatic rings. The van der Waals surface area contributed by atoms with Crippen LogP contribution in [0.4, 0.5) is 0 Å². The fraction of sp³-hybridized carbons (Fsp3) is 0.375. The Balaban J connectivity index is 1.65. The number of carbonyl (C=O) groups excluding carboxylic acids is 1. The maximum Gasteiger partial charge on any atom is 0.231 e. The molecule has 116 valence electrons. The van der Waals surface area contributed by atoms with Gasteiger partial charge in [-0.1, -0.05) is 18.5 Å². The summed E-state index contributed by atoms with van der Waals surface area (Å²) < 4.78 is 15.9. The van der Waals surface area contributed by atoms with Crippen molar-refractivity contribution in [3.63, 3.8) is 0 Å². The molecule has 6 nitrogen and oxygen atoms in total. The van der Waals surface area contributed by atoms with Gasteiger partial charge in [0.2, 0.25) is 12.7 Å². The van der Waals surface area contributed by atoms with E-state index in [1.165, 1.54) is 0 Å². The first kappa shape index (κ1) is 14.4. The van der Waals surface area contributed by atoms with Gasteiger partial charge in [0, 0.05) is 18.2 Å². The van der Waals surface area contributed by atoms with Crippen LogP contribution in [0, 0.1) is 0 Å². The Hall–Kier alpha value is -2.50. The monoisotopic (exact) mass is 302 g/mol. The number of aromatic nitrogens is 1. The smallest absolute Gasteiger partial charge is 0.231 e. The van der Waals surface area contributed by atoms with Gasteiger partial charge in [0.1, 0.15) is 0 Å². The van der Waals surface area contributed by atoms with E-state index >= 15 is 0 Å². The van der Waals surface area contributed by atoms with E-state index in [0.717, 1.165) is 24.2 Å². The van der Waals surface area contributed by atoms with Crippen LogP contribution in [0.25, 0.3) is 11.3 Å². The van der Waals surface area contributed by atoms with E-state index in [0.29, 0.717) is 23.7 Å². The van der Waals surface area contributed by atoms with E-state index in [9.17, 15) is 4.79 Å². The SMILES string of the molecule is CCCCNC(=O)Cc1cc(-c2ccc3c(c2)OCO3)on1. The standard InChI is InChI=1S/C16H18N2O4/c1-2-3-6-17-16(19)9-12-8-14(22-18-12)11-4-5-13-15(7-11)21-10-20-13/h4-5,7-8H,2-3,6,9-10H2,1H3,(H,17,19). The molecule has 1 N–H and O–H groups in total. The Morgan fingerprint density at radius 3 is 3.00 bits per heavy atom. The number of amides is 1. The Bertz CT molecular complexity index is 666. The molecule has 2 heterocycles. The molecule has 1 aromatic heterocycles. The first-order valence-electron chi connectivity index (χ1n) is 7.38. The number of hydrogen-bond donors (Lipinski definition) is 1. The highest BCUT2D eigenvalue weighted by atomic mass is 16.7. The molecule has 0 radical (unpaired) electrons. The average molecular weight is 302 g/mol. The van der Waals surface area contributed by atoms with E-state index in [-0.39, 0.29) is 19.1 Å². The van der Waals surface area contributed by atoms with Gasteiger partial charge in [-0.3, -0.25) is 4.79 Å². The topological polar surface area (TPSA) is 73.6 Å². The van der Waals surface area contributed by atoms with Crippen LogP contribution in [-0.4, -0.2) is 24.4 Å². The lowest BCUT2D eigenvalue weighted by Crippen LogP contribution is -2.26. The van der Waals surface area contributed by atoms with E-state index in [2.05, 4.69) is 17.4 Å². The zero-order valence-electron chi connectivity index (χ0n) is 12.4. The van der Waals surface area contributed by atoms with Gasteiger partial charge < -0.3 is 19.3 Å².